The normalized spacial score (nSPS) is 17.1. The molecule has 2 amide bonds. The quantitative estimate of drug-likeness (QED) is 0.602. The van der Waals surface area contributed by atoms with Crippen molar-refractivity contribution in [2.75, 3.05) is 52.5 Å². The summed E-state index contributed by atoms with van der Waals surface area (Å²) in [6.07, 6.45) is -4.40. The molecular formula is C17H30F3N3O4. The van der Waals surface area contributed by atoms with Crippen LogP contribution >= 0.6 is 0 Å². The number of rotatable bonds is 9. The van der Waals surface area contributed by atoms with E-state index >= 15 is 0 Å². The minimum atomic E-state index is -4.30. The van der Waals surface area contributed by atoms with Crippen LogP contribution < -0.4 is 5.32 Å². The first-order chi connectivity index (χ1) is 12.6. The van der Waals surface area contributed by atoms with Gasteiger partial charge in [0, 0.05) is 39.3 Å². The lowest BCUT2D eigenvalue weighted by atomic mass is 10.0. The molecule has 1 saturated heterocycles. The lowest BCUT2D eigenvalue weighted by Gasteiger charge is -2.37. The fourth-order valence-corrected chi connectivity index (χ4v) is 2.78. The lowest BCUT2D eigenvalue weighted by Crippen LogP contribution is -2.56. The minimum absolute atomic E-state index is 0.0531. The zero-order valence-corrected chi connectivity index (χ0v) is 16.2. The summed E-state index contributed by atoms with van der Waals surface area (Å²) < 4.78 is 45.4. The molecule has 7 nitrogen and oxygen atoms in total. The van der Waals surface area contributed by atoms with Gasteiger partial charge in [0.2, 0.25) is 5.91 Å². The van der Waals surface area contributed by atoms with E-state index in [1.54, 1.807) is 11.8 Å². The smallest absolute Gasteiger partial charge is 0.411 e. The molecule has 10 heteroatoms. The number of alkyl halides is 3. The zero-order valence-electron chi connectivity index (χ0n) is 16.2. The third-order valence-electron chi connectivity index (χ3n) is 4.19. The largest absolute Gasteiger partial charge is 0.450 e. The van der Waals surface area contributed by atoms with Crippen molar-refractivity contribution in [1.82, 2.24) is 15.1 Å². The van der Waals surface area contributed by atoms with Crippen molar-refractivity contribution in [3.63, 3.8) is 0 Å². The van der Waals surface area contributed by atoms with Crippen LogP contribution in [0.3, 0.4) is 0 Å². The second-order valence-corrected chi connectivity index (χ2v) is 6.77. The molecule has 0 aromatic carbocycles. The monoisotopic (exact) mass is 397 g/mol. The van der Waals surface area contributed by atoms with Crippen molar-refractivity contribution in [2.24, 2.45) is 5.92 Å². The van der Waals surface area contributed by atoms with Gasteiger partial charge >= 0.3 is 12.3 Å². The maximum Gasteiger partial charge on any atom is 0.411 e. The molecule has 1 atom stereocenters. The number of carbonyl (C=O) groups excluding carboxylic acids is 2. The molecule has 1 heterocycles. The highest BCUT2D eigenvalue weighted by molar-refractivity contribution is 5.86. The molecule has 1 N–H and O–H groups in total. The molecule has 0 aromatic heterocycles. The molecule has 0 saturated carbocycles. The summed E-state index contributed by atoms with van der Waals surface area (Å²) in [7, 11) is 0. The van der Waals surface area contributed by atoms with Gasteiger partial charge in [-0.25, -0.2) is 4.79 Å². The number of halogens is 3. The number of ether oxygens (including phenoxy) is 2. The van der Waals surface area contributed by atoms with Crippen LogP contribution in [0.15, 0.2) is 0 Å². The van der Waals surface area contributed by atoms with Gasteiger partial charge < -0.3 is 19.7 Å². The van der Waals surface area contributed by atoms with Gasteiger partial charge in [-0.15, -0.1) is 0 Å². The molecule has 0 radical (unpaired) electrons. The Balaban J connectivity index is 2.34. The molecule has 27 heavy (non-hydrogen) atoms. The molecule has 158 valence electrons. The summed E-state index contributed by atoms with van der Waals surface area (Å²) in [4.78, 5) is 28.1. The van der Waals surface area contributed by atoms with Crippen LogP contribution in [0.1, 0.15) is 27.2 Å². The van der Waals surface area contributed by atoms with Crippen molar-refractivity contribution in [3.8, 4) is 0 Å². The molecule has 1 aliphatic heterocycles. The number of nitrogens with zero attached hydrogens (tertiary/aromatic N) is 2. The number of amides is 2. The highest BCUT2D eigenvalue weighted by Crippen LogP contribution is 2.14. The fraction of sp³-hybridized carbons (Fsp3) is 0.882. The van der Waals surface area contributed by atoms with E-state index < -0.39 is 24.9 Å². The predicted octanol–water partition coefficient (Wildman–Crippen LogP) is 1.87. The summed E-state index contributed by atoms with van der Waals surface area (Å²) in [5, 5.41) is 2.61. The molecule has 1 aliphatic rings. The zero-order chi connectivity index (χ0) is 20.4. The van der Waals surface area contributed by atoms with E-state index in [-0.39, 0.29) is 25.0 Å². The number of alkyl carbamates (subject to hydrolysis) is 1. The van der Waals surface area contributed by atoms with E-state index in [9.17, 15) is 22.8 Å². The highest BCUT2D eigenvalue weighted by Gasteiger charge is 2.31. The Morgan fingerprint density at radius 3 is 2.30 bits per heavy atom. The molecule has 0 bridgehead atoms. The van der Waals surface area contributed by atoms with Crippen molar-refractivity contribution in [1.29, 1.82) is 0 Å². The van der Waals surface area contributed by atoms with Crippen LogP contribution in [0.4, 0.5) is 18.0 Å². The Bertz CT molecular complexity index is 467. The fourth-order valence-electron chi connectivity index (χ4n) is 2.78. The average Bonchev–Trinajstić information content (AvgIpc) is 2.58. The van der Waals surface area contributed by atoms with E-state index in [1.165, 1.54) is 0 Å². The summed E-state index contributed by atoms with van der Waals surface area (Å²) in [6, 6.07) is -0.647. The van der Waals surface area contributed by atoms with Gasteiger partial charge in [0.15, 0.2) is 0 Å². The van der Waals surface area contributed by atoms with Gasteiger partial charge in [-0.05, 0) is 19.3 Å². The first kappa shape index (κ1) is 23.5. The van der Waals surface area contributed by atoms with Crippen LogP contribution in [-0.2, 0) is 14.3 Å². The Morgan fingerprint density at radius 2 is 1.78 bits per heavy atom. The maximum atomic E-state index is 12.7. The molecule has 1 fully saturated rings. The number of piperazine rings is 1. The minimum Gasteiger partial charge on any atom is -0.450 e. The maximum absolute atomic E-state index is 12.7. The Kier molecular flexibility index (Phi) is 9.86. The van der Waals surface area contributed by atoms with Gasteiger partial charge in [0.05, 0.1) is 6.61 Å². The predicted molar refractivity (Wildman–Crippen MR) is 93.3 cm³/mol. The molecule has 0 spiro atoms. The van der Waals surface area contributed by atoms with Crippen LogP contribution in [0, 0.1) is 5.92 Å². The van der Waals surface area contributed by atoms with Crippen LogP contribution in [-0.4, -0.2) is 86.6 Å². The van der Waals surface area contributed by atoms with E-state index in [4.69, 9.17) is 4.74 Å². The Morgan fingerprint density at radius 1 is 1.15 bits per heavy atom. The average molecular weight is 397 g/mol. The van der Waals surface area contributed by atoms with E-state index in [2.05, 4.69) is 15.0 Å². The van der Waals surface area contributed by atoms with Gasteiger partial charge in [-0.3, -0.25) is 9.69 Å². The van der Waals surface area contributed by atoms with Crippen LogP contribution in [0.25, 0.3) is 0 Å². The second-order valence-electron chi connectivity index (χ2n) is 6.77. The summed E-state index contributed by atoms with van der Waals surface area (Å²) in [5.41, 5.74) is 0. The van der Waals surface area contributed by atoms with E-state index in [0.717, 1.165) is 0 Å². The molecular weight excluding hydrogens is 367 g/mol. The van der Waals surface area contributed by atoms with Gasteiger partial charge in [-0.2, -0.15) is 13.2 Å². The van der Waals surface area contributed by atoms with E-state index in [1.807, 2.05) is 13.8 Å². The summed E-state index contributed by atoms with van der Waals surface area (Å²) in [5.74, 6) is -0.225. The summed E-state index contributed by atoms with van der Waals surface area (Å²) >= 11 is 0. The number of hydrogen-bond acceptors (Lipinski definition) is 5. The number of nitrogens with one attached hydrogen (secondary N) is 1. The SMILES string of the molecule is CCOC(=O)NC(C(=O)N1CCN(CCCOCC(F)(F)F)CC1)C(C)C. The Labute approximate surface area is 158 Å². The molecule has 0 aliphatic carbocycles. The summed E-state index contributed by atoms with van der Waals surface area (Å²) in [6.45, 7) is 7.37. The lowest BCUT2D eigenvalue weighted by molar-refractivity contribution is -0.174. The molecule has 1 unspecified atom stereocenters. The second kappa shape index (κ2) is 11.3. The van der Waals surface area contributed by atoms with E-state index in [0.29, 0.717) is 39.1 Å². The van der Waals surface area contributed by atoms with Crippen LogP contribution in [0.2, 0.25) is 0 Å². The molecule has 0 aromatic rings. The van der Waals surface area contributed by atoms with Crippen LogP contribution in [0.5, 0.6) is 0 Å². The van der Waals surface area contributed by atoms with Gasteiger partial charge in [0.25, 0.3) is 0 Å². The Hall–Kier alpha value is -1.55. The standard InChI is InChI=1S/C17H30F3N3O4/c1-4-27-16(25)21-14(13(2)3)15(24)23-9-7-22(8-10-23)6-5-11-26-12-17(18,19)20/h13-14H,4-12H2,1-3H3,(H,21,25). The molecule has 1 rings (SSSR count). The topological polar surface area (TPSA) is 71.1 Å². The van der Waals surface area contributed by atoms with Crippen molar-refractivity contribution in [3.05, 3.63) is 0 Å². The highest BCUT2D eigenvalue weighted by atomic mass is 19.4. The third kappa shape index (κ3) is 9.28. The first-order valence-electron chi connectivity index (χ1n) is 9.23. The van der Waals surface area contributed by atoms with Crippen molar-refractivity contribution in [2.45, 2.75) is 39.4 Å². The number of hydrogen-bond donors (Lipinski definition) is 1. The number of carbonyl (C=O) groups is 2. The van der Waals surface area contributed by atoms with Crippen molar-refractivity contribution < 1.29 is 32.2 Å². The van der Waals surface area contributed by atoms with Gasteiger partial charge in [0.1, 0.15) is 12.6 Å². The van der Waals surface area contributed by atoms with Gasteiger partial charge in [-0.1, -0.05) is 13.8 Å². The third-order valence-corrected chi connectivity index (χ3v) is 4.19. The first-order valence-corrected chi connectivity index (χ1v) is 9.23. The van der Waals surface area contributed by atoms with Crippen molar-refractivity contribution >= 4 is 12.0 Å².